The van der Waals surface area contributed by atoms with Crippen molar-refractivity contribution in [2.75, 3.05) is 6.54 Å². The van der Waals surface area contributed by atoms with E-state index in [2.05, 4.69) is 9.76 Å². The molecule has 3 fully saturated rings. The van der Waals surface area contributed by atoms with E-state index in [-0.39, 0.29) is 12.6 Å². The average Bonchev–Trinajstić information content (AvgIpc) is 2.77. The Balaban J connectivity index is 1.56. The van der Waals surface area contributed by atoms with Crippen molar-refractivity contribution >= 4 is 22.3 Å². The molecule has 2 atom stereocenters. The summed E-state index contributed by atoms with van der Waals surface area (Å²) in [6.07, 6.45) is 7.00. The van der Waals surface area contributed by atoms with Gasteiger partial charge in [0.2, 0.25) is 0 Å². The Bertz CT molecular complexity index is 618. The molecule has 11 heteroatoms. The van der Waals surface area contributed by atoms with Gasteiger partial charge in [-0.2, -0.15) is 13.5 Å². The number of nitrogens with zero attached hydrogens (tertiary/aromatic N) is 2. The van der Waals surface area contributed by atoms with Crippen molar-refractivity contribution in [3.8, 4) is 0 Å². The van der Waals surface area contributed by atoms with E-state index < -0.39 is 34.4 Å². The molecule has 142 valence electrons. The third kappa shape index (κ3) is 4.40. The van der Waals surface area contributed by atoms with E-state index in [9.17, 15) is 18.0 Å². The zero-order valence-corrected chi connectivity index (χ0v) is 14.6. The maximum Gasteiger partial charge on any atom is 0.418 e. The van der Waals surface area contributed by atoms with Crippen LogP contribution in [0, 0.1) is 0 Å². The van der Waals surface area contributed by atoms with Crippen molar-refractivity contribution in [1.29, 1.82) is 0 Å². The summed E-state index contributed by atoms with van der Waals surface area (Å²) in [5, 5.41) is 0.620. The van der Waals surface area contributed by atoms with Crippen molar-refractivity contribution in [3.63, 3.8) is 0 Å². The van der Waals surface area contributed by atoms with E-state index in [1.807, 2.05) is 0 Å². The second kappa shape index (κ2) is 7.44. The van der Waals surface area contributed by atoms with Gasteiger partial charge in [-0.1, -0.05) is 25.7 Å². The maximum atomic E-state index is 12.4. The summed E-state index contributed by atoms with van der Waals surface area (Å²) in [7, 11) is -4.79. The van der Waals surface area contributed by atoms with Crippen LogP contribution in [0.1, 0.15) is 51.4 Å². The van der Waals surface area contributed by atoms with Crippen molar-refractivity contribution in [1.82, 2.24) is 15.4 Å². The number of nitrogens with one attached hydrogen (secondary N) is 1. The van der Waals surface area contributed by atoms with E-state index in [1.54, 1.807) is 0 Å². The van der Waals surface area contributed by atoms with Crippen LogP contribution in [-0.4, -0.2) is 59.6 Å². The Morgan fingerprint density at radius 3 is 2.44 bits per heavy atom. The lowest BCUT2D eigenvalue weighted by Crippen LogP contribution is -2.50. The maximum absolute atomic E-state index is 12.4. The minimum atomic E-state index is -4.79. The van der Waals surface area contributed by atoms with Gasteiger partial charge in [-0.3, -0.25) is 14.2 Å². The summed E-state index contributed by atoms with van der Waals surface area (Å²) >= 11 is 0. The van der Waals surface area contributed by atoms with Crippen molar-refractivity contribution in [2.45, 2.75) is 69.6 Å². The van der Waals surface area contributed by atoms with E-state index in [4.69, 9.17) is 9.39 Å². The van der Waals surface area contributed by atoms with Crippen molar-refractivity contribution in [3.05, 3.63) is 0 Å². The lowest BCUT2D eigenvalue weighted by molar-refractivity contribution is -0.144. The van der Waals surface area contributed by atoms with Gasteiger partial charge in [0.05, 0.1) is 12.1 Å². The quantitative estimate of drug-likeness (QED) is 0.411. The van der Waals surface area contributed by atoms with Gasteiger partial charge in [0.15, 0.2) is 0 Å². The number of hydrogen-bond donors (Lipinski definition) is 2. The number of piperidine rings is 1. The van der Waals surface area contributed by atoms with E-state index in [0.29, 0.717) is 17.9 Å². The van der Waals surface area contributed by atoms with Crippen LogP contribution in [0.2, 0.25) is 0 Å². The number of hydrogen-bond acceptors (Lipinski definition) is 6. The SMILES string of the molecule is O=C(NOC1CCCCCC1)[C@@H]1CCC2CN1C(=O)N2OS(=O)(=O)O. The molecule has 0 radical (unpaired) electrons. The number of amides is 3. The summed E-state index contributed by atoms with van der Waals surface area (Å²) in [5.74, 6) is -0.426. The molecule has 3 amide bonds. The van der Waals surface area contributed by atoms with Crippen LogP contribution in [0.25, 0.3) is 0 Å². The Morgan fingerprint density at radius 1 is 1.12 bits per heavy atom. The second-order valence-corrected chi connectivity index (χ2v) is 7.71. The molecule has 0 spiro atoms. The van der Waals surface area contributed by atoms with Gasteiger partial charge in [0.1, 0.15) is 6.04 Å². The zero-order chi connectivity index (χ0) is 18.0. The molecule has 25 heavy (non-hydrogen) atoms. The standard InChI is InChI=1S/C14H23N3O7S/c18-13(15-23-11-5-3-1-2-4-6-11)12-8-7-10-9-16(12)14(19)17(10)24-25(20,21)22/h10-12H,1-9H2,(H,15,18)(H,20,21,22)/t10?,12-/m0/s1. The summed E-state index contributed by atoms with van der Waals surface area (Å²) in [6.45, 7) is 0.163. The molecule has 1 saturated carbocycles. The molecule has 2 aliphatic heterocycles. The largest absolute Gasteiger partial charge is 0.418 e. The van der Waals surface area contributed by atoms with Crippen LogP contribution < -0.4 is 5.48 Å². The van der Waals surface area contributed by atoms with Crippen LogP contribution in [-0.2, 0) is 24.3 Å². The molecule has 2 saturated heterocycles. The molecule has 10 nitrogen and oxygen atoms in total. The topological polar surface area (TPSA) is 125 Å². The highest BCUT2D eigenvalue weighted by molar-refractivity contribution is 7.80. The smallest absolute Gasteiger partial charge is 0.309 e. The molecule has 3 aliphatic rings. The first-order valence-corrected chi connectivity index (χ1v) is 9.94. The minimum Gasteiger partial charge on any atom is -0.309 e. The first kappa shape index (κ1) is 18.4. The summed E-state index contributed by atoms with van der Waals surface area (Å²) in [5.41, 5.74) is 2.46. The molecule has 2 heterocycles. The Morgan fingerprint density at radius 2 is 1.80 bits per heavy atom. The fourth-order valence-corrected chi connectivity index (χ4v) is 4.06. The highest BCUT2D eigenvalue weighted by Crippen LogP contribution is 2.30. The van der Waals surface area contributed by atoms with Gasteiger partial charge in [-0.05, 0) is 25.7 Å². The molecular formula is C14H23N3O7S. The van der Waals surface area contributed by atoms with E-state index >= 15 is 0 Å². The fourth-order valence-electron chi connectivity index (χ4n) is 3.67. The first-order valence-electron chi connectivity index (χ1n) is 8.57. The average molecular weight is 377 g/mol. The monoisotopic (exact) mass is 377 g/mol. The molecular weight excluding hydrogens is 354 g/mol. The normalized spacial score (nSPS) is 28.1. The third-order valence-electron chi connectivity index (χ3n) is 4.93. The van der Waals surface area contributed by atoms with Crippen LogP contribution in [0.5, 0.6) is 0 Å². The van der Waals surface area contributed by atoms with Gasteiger partial charge >= 0.3 is 16.4 Å². The number of carbonyl (C=O) groups excluding carboxylic acids is 2. The second-order valence-electron chi connectivity index (χ2n) is 6.71. The highest BCUT2D eigenvalue weighted by atomic mass is 32.3. The Hall–Kier alpha value is -1.43. The number of fused-ring (bicyclic) bond motifs is 2. The predicted molar refractivity (Wildman–Crippen MR) is 84.1 cm³/mol. The molecule has 2 N–H and O–H groups in total. The summed E-state index contributed by atoms with van der Waals surface area (Å²) in [4.78, 5) is 31.4. The highest BCUT2D eigenvalue weighted by Gasteiger charge is 2.49. The van der Waals surface area contributed by atoms with Gasteiger partial charge in [0.25, 0.3) is 5.91 Å². The third-order valence-corrected chi connectivity index (χ3v) is 5.28. The number of carbonyl (C=O) groups is 2. The minimum absolute atomic E-state index is 0.0172. The number of rotatable bonds is 5. The summed E-state index contributed by atoms with van der Waals surface area (Å²) < 4.78 is 34.8. The van der Waals surface area contributed by atoms with E-state index in [1.165, 1.54) is 17.7 Å². The molecule has 1 unspecified atom stereocenters. The van der Waals surface area contributed by atoms with Crippen LogP contribution in [0.3, 0.4) is 0 Å². The molecule has 0 aromatic heterocycles. The predicted octanol–water partition coefficient (Wildman–Crippen LogP) is 0.760. The number of urea groups is 1. The van der Waals surface area contributed by atoms with Crippen molar-refractivity contribution in [2.24, 2.45) is 0 Å². The van der Waals surface area contributed by atoms with Crippen LogP contribution >= 0.6 is 0 Å². The first-order chi connectivity index (χ1) is 11.8. The van der Waals surface area contributed by atoms with Crippen LogP contribution in [0.15, 0.2) is 0 Å². The van der Waals surface area contributed by atoms with Crippen molar-refractivity contribution < 1.29 is 31.7 Å². The Labute approximate surface area is 146 Å². The molecule has 0 aromatic carbocycles. The van der Waals surface area contributed by atoms with Gasteiger partial charge in [0, 0.05) is 6.54 Å². The molecule has 2 bridgehead atoms. The Kier molecular flexibility index (Phi) is 5.46. The van der Waals surface area contributed by atoms with Gasteiger partial charge in [-0.15, -0.1) is 4.28 Å². The summed E-state index contributed by atoms with van der Waals surface area (Å²) in [6, 6.07) is -2.01. The van der Waals surface area contributed by atoms with Crippen LogP contribution in [0.4, 0.5) is 4.79 Å². The zero-order valence-electron chi connectivity index (χ0n) is 13.8. The molecule has 0 aromatic rings. The lowest BCUT2D eigenvalue weighted by Gasteiger charge is -2.29. The molecule has 3 rings (SSSR count). The molecule has 1 aliphatic carbocycles. The van der Waals surface area contributed by atoms with Gasteiger partial charge < -0.3 is 4.90 Å². The fraction of sp³-hybridized carbons (Fsp3) is 0.857. The van der Waals surface area contributed by atoms with Gasteiger partial charge in [-0.25, -0.2) is 10.3 Å². The lowest BCUT2D eigenvalue weighted by atomic mass is 10.0. The van der Waals surface area contributed by atoms with E-state index in [0.717, 1.165) is 25.7 Å². The number of hydroxylamine groups is 3.